The van der Waals surface area contributed by atoms with Gasteiger partial charge in [0.15, 0.2) is 11.5 Å². The van der Waals surface area contributed by atoms with Gasteiger partial charge in [-0.15, -0.1) is 0 Å². The molecule has 0 aliphatic carbocycles. The van der Waals surface area contributed by atoms with Crippen molar-refractivity contribution in [3.05, 3.63) is 59.2 Å². The molecule has 6 heteroatoms. The molecule has 1 fully saturated rings. The van der Waals surface area contributed by atoms with E-state index >= 15 is 0 Å². The molecule has 1 amide bonds. The summed E-state index contributed by atoms with van der Waals surface area (Å²) in [6.07, 6.45) is 1.08. The fourth-order valence-electron chi connectivity index (χ4n) is 3.61. The zero-order valence-corrected chi connectivity index (χ0v) is 17.4. The molecule has 1 heterocycles. The molecule has 2 aromatic rings. The van der Waals surface area contributed by atoms with Crippen molar-refractivity contribution in [2.24, 2.45) is 0 Å². The Morgan fingerprint density at radius 1 is 1.21 bits per heavy atom. The zero-order chi connectivity index (χ0) is 20.6. The maximum atomic E-state index is 12.8. The first-order valence-corrected chi connectivity index (χ1v) is 9.97. The van der Waals surface area contributed by atoms with Gasteiger partial charge in [0.25, 0.3) is 0 Å². The number of hydrogen-bond donors (Lipinski definition) is 2. The number of carbonyl (C=O) groups excluding carboxylic acids is 1. The fourth-order valence-corrected chi connectivity index (χ4v) is 3.61. The van der Waals surface area contributed by atoms with E-state index in [2.05, 4.69) is 29.7 Å². The molecule has 1 aliphatic heterocycles. The molecule has 0 radical (unpaired) electrons. The van der Waals surface area contributed by atoms with Gasteiger partial charge in [0.05, 0.1) is 33.5 Å². The first-order valence-electron chi connectivity index (χ1n) is 9.97. The molecule has 2 unspecified atom stereocenters. The number of morpholine rings is 1. The van der Waals surface area contributed by atoms with E-state index in [-0.39, 0.29) is 18.0 Å². The van der Waals surface area contributed by atoms with Gasteiger partial charge in [-0.1, -0.05) is 30.3 Å². The van der Waals surface area contributed by atoms with Crippen LogP contribution in [-0.4, -0.2) is 45.9 Å². The van der Waals surface area contributed by atoms with E-state index in [1.807, 2.05) is 30.3 Å². The molecule has 2 N–H and O–H groups in total. The number of rotatable bonds is 8. The van der Waals surface area contributed by atoms with Gasteiger partial charge in [0.1, 0.15) is 0 Å². The van der Waals surface area contributed by atoms with Gasteiger partial charge >= 0.3 is 0 Å². The second-order valence-corrected chi connectivity index (χ2v) is 7.30. The monoisotopic (exact) mass is 398 g/mol. The van der Waals surface area contributed by atoms with Gasteiger partial charge in [-0.3, -0.25) is 4.79 Å². The quantitative estimate of drug-likeness (QED) is 0.716. The van der Waals surface area contributed by atoms with Gasteiger partial charge in [0.2, 0.25) is 5.91 Å². The number of benzene rings is 2. The van der Waals surface area contributed by atoms with Crippen LogP contribution in [0.3, 0.4) is 0 Å². The van der Waals surface area contributed by atoms with E-state index in [9.17, 15) is 4.79 Å². The average molecular weight is 399 g/mol. The minimum absolute atomic E-state index is 0.00127. The van der Waals surface area contributed by atoms with Gasteiger partial charge < -0.3 is 24.8 Å². The molecule has 6 nitrogen and oxygen atoms in total. The van der Waals surface area contributed by atoms with E-state index in [1.165, 1.54) is 11.1 Å². The normalized spacial score (nSPS) is 17.4. The molecule has 0 saturated carbocycles. The summed E-state index contributed by atoms with van der Waals surface area (Å²) in [4.78, 5) is 12.8. The lowest BCUT2D eigenvalue weighted by molar-refractivity contribution is -0.123. The third kappa shape index (κ3) is 5.71. The molecule has 1 aliphatic rings. The summed E-state index contributed by atoms with van der Waals surface area (Å²) in [6.45, 7) is 4.12. The Hall–Kier alpha value is -2.57. The summed E-state index contributed by atoms with van der Waals surface area (Å²) >= 11 is 0. The number of methoxy groups -OCH3 is 2. The third-order valence-electron chi connectivity index (χ3n) is 5.26. The largest absolute Gasteiger partial charge is 0.493 e. The maximum Gasteiger partial charge on any atom is 0.222 e. The van der Waals surface area contributed by atoms with E-state index < -0.39 is 0 Å². The highest BCUT2D eigenvalue weighted by molar-refractivity contribution is 5.77. The molecule has 2 atom stereocenters. The van der Waals surface area contributed by atoms with Crippen LogP contribution in [0.1, 0.15) is 29.2 Å². The Balaban J connectivity index is 1.81. The number of amides is 1. The van der Waals surface area contributed by atoms with E-state index in [1.54, 1.807) is 14.2 Å². The minimum Gasteiger partial charge on any atom is -0.493 e. The summed E-state index contributed by atoms with van der Waals surface area (Å²) < 4.78 is 16.3. The van der Waals surface area contributed by atoms with Gasteiger partial charge in [0, 0.05) is 19.0 Å². The van der Waals surface area contributed by atoms with Gasteiger partial charge in [-0.05, 0) is 42.2 Å². The van der Waals surface area contributed by atoms with Crippen molar-refractivity contribution in [2.75, 3.05) is 34.0 Å². The van der Waals surface area contributed by atoms with Crippen LogP contribution in [0.5, 0.6) is 11.5 Å². The lowest BCUT2D eigenvalue weighted by Gasteiger charge is -2.26. The third-order valence-corrected chi connectivity index (χ3v) is 5.26. The summed E-state index contributed by atoms with van der Waals surface area (Å²) in [5.41, 5.74) is 3.38. The smallest absolute Gasteiger partial charge is 0.222 e. The average Bonchev–Trinajstić information content (AvgIpc) is 2.75. The van der Waals surface area contributed by atoms with Crippen LogP contribution in [0.2, 0.25) is 0 Å². The predicted molar refractivity (Wildman–Crippen MR) is 113 cm³/mol. The summed E-state index contributed by atoms with van der Waals surface area (Å²) in [5, 5.41) is 6.55. The van der Waals surface area contributed by atoms with Crippen LogP contribution in [0.4, 0.5) is 0 Å². The Morgan fingerprint density at radius 2 is 2.00 bits per heavy atom. The number of aryl methyl sites for hydroxylation is 1. The van der Waals surface area contributed by atoms with Crippen molar-refractivity contribution in [2.45, 2.75) is 31.8 Å². The van der Waals surface area contributed by atoms with Crippen LogP contribution in [0, 0.1) is 6.92 Å². The molecular weight excluding hydrogens is 368 g/mol. The lowest BCUT2D eigenvalue weighted by Crippen LogP contribution is -2.44. The number of hydrogen-bond acceptors (Lipinski definition) is 5. The Labute approximate surface area is 172 Å². The fraction of sp³-hybridized carbons (Fsp3) is 0.435. The van der Waals surface area contributed by atoms with Crippen LogP contribution >= 0.6 is 0 Å². The molecule has 0 spiro atoms. The van der Waals surface area contributed by atoms with Crippen molar-refractivity contribution in [1.82, 2.24) is 10.6 Å². The standard InChI is InChI=1S/C23H30N2O4/c1-16-6-4-5-7-17(16)12-20(18-8-9-21(27-2)22(13-18)28-3)25-23(26)14-19-15-29-11-10-24-19/h4-9,13,19-20,24H,10-12,14-15H2,1-3H3,(H,25,26). The Bertz CT molecular complexity index is 818. The highest BCUT2D eigenvalue weighted by Crippen LogP contribution is 2.31. The topological polar surface area (TPSA) is 68.8 Å². The molecule has 0 aromatic heterocycles. The van der Waals surface area contributed by atoms with Crippen LogP contribution in [-0.2, 0) is 16.0 Å². The summed E-state index contributed by atoms with van der Waals surface area (Å²) in [6, 6.07) is 13.9. The molecule has 1 saturated heterocycles. The predicted octanol–water partition coefficient (Wildman–Crippen LogP) is 2.79. The maximum absolute atomic E-state index is 12.8. The van der Waals surface area contributed by atoms with Crippen molar-refractivity contribution in [3.63, 3.8) is 0 Å². The lowest BCUT2D eigenvalue weighted by atomic mass is 9.95. The van der Waals surface area contributed by atoms with Crippen molar-refractivity contribution in [1.29, 1.82) is 0 Å². The van der Waals surface area contributed by atoms with Gasteiger partial charge in [-0.2, -0.15) is 0 Å². The first kappa shape index (κ1) is 21.1. The molecule has 3 rings (SSSR count). The molecular formula is C23H30N2O4. The zero-order valence-electron chi connectivity index (χ0n) is 17.4. The molecule has 0 bridgehead atoms. The first-order chi connectivity index (χ1) is 14.1. The second kappa shape index (κ2) is 10.3. The van der Waals surface area contributed by atoms with Crippen molar-refractivity contribution in [3.8, 4) is 11.5 Å². The number of ether oxygens (including phenoxy) is 3. The highest BCUT2D eigenvalue weighted by Gasteiger charge is 2.22. The minimum atomic E-state index is -0.173. The Kier molecular flexibility index (Phi) is 7.49. The number of nitrogens with one attached hydrogen (secondary N) is 2. The summed E-state index contributed by atoms with van der Waals surface area (Å²) in [5.74, 6) is 1.32. The highest BCUT2D eigenvalue weighted by atomic mass is 16.5. The second-order valence-electron chi connectivity index (χ2n) is 7.30. The SMILES string of the molecule is COc1ccc(C(Cc2ccccc2C)NC(=O)CC2COCCN2)cc1OC. The summed E-state index contributed by atoms with van der Waals surface area (Å²) in [7, 11) is 3.23. The van der Waals surface area contributed by atoms with E-state index in [4.69, 9.17) is 14.2 Å². The van der Waals surface area contributed by atoms with Crippen LogP contribution < -0.4 is 20.1 Å². The Morgan fingerprint density at radius 3 is 2.69 bits per heavy atom. The molecule has 29 heavy (non-hydrogen) atoms. The molecule has 2 aromatic carbocycles. The number of carbonyl (C=O) groups is 1. The van der Waals surface area contributed by atoms with Crippen LogP contribution in [0.25, 0.3) is 0 Å². The van der Waals surface area contributed by atoms with E-state index in [0.717, 1.165) is 12.1 Å². The van der Waals surface area contributed by atoms with Crippen molar-refractivity contribution < 1.29 is 19.0 Å². The molecule has 156 valence electrons. The van der Waals surface area contributed by atoms with E-state index in [0.29, 0.717) is 37.6 Å². The van der Waals surface area contributed by atoms with Gasteiger partial charge in [-0.25, -0.2) is 0 Å². The van der Waals surface area contributed by atoms with Crippen LogP contribution in [0.15, 0.2) is 42.5 Å². The van der Waals surface area contributed by atoms with Crippen molar-refractivity contribution >= 4 is 5.91 Å².